The van der Waals surface area contributed by atoms with Crippen LogP contribution in [0.25, 0.3) is 105 Å². The second-order valence-corrected chi connectivity index (χ2v) is 19.3. The number of para-hydroxylation sites is 6. The molecular weight excluding hydrogens is 847 g/mol. The minimum Gasteiger partial charge on any atom is -0.309 e. The van der Waals surface area contributed by atoms with Gasteiger partial charge in [-0.2, -0.15) is 0 Å². The number of hydrogen-bond donors (Lipinski definition) is 0. The maximum absolute atomic E-state index is 5.38. The van der Waals surface area contributed by atoms with Crippen molar-refractivity contribution in [1.29, 1.82) is 0 Å². The lowest BCUT2D eigenvalue weighted by atomic mass is 9.79. The Balaban J connectivity index is 0.976. The fraction of sp³-hybridized carbons (Fsp3) is 0.0161. The first-order chi connectivity index (χ1) is 33.7. The van der Waals surface area contributed by atoms with Gasteiger partial charge >= 0.3 is 0 Å². The minimum absolute atomic E-state index is 0.604. The first-order valence-corrected chi connectivity index (χ1v) is 24.1. The van der Waals surface area contributed by atoms with Gasteiger partial charge in [0, 0.05) is 59.8 Å². The summed E-state index contributed by atoms with van der Waals surface area (Å²) in [5.74, 6) is 0. The van der Waals surface area contributed by atoms with Crippen LogP contribution in [0.3, 0.4) is 0 Å². The molecule has 68 heavy (non-hydrogen) atoms. The van der Waals surface area contributed by atoms with Gasteiger partial charge in [-0.3, -0.25) is 4.57 Å². The van der Waals surface area contributed by atoms with Crippen LogP contribution >= 0.6 is 11.8 Å². The van der Waals surface area contributed by atoms with Gasteiger partial charge < -0.3 is 13.7 Å². The van der Waals surface area contributed by atoms with Crippen molar-refractivity contribution in [3.8, 4) is 28.2 Å². The number of aromatic nitrogens is 5. The molecule has 0 radical (unpaired) electrons. The Bertz CT molecular complexity index is 4180. The lowest BCUT2D eigenvalue weighted by Crippen LogP contribution is -2.38. The van der Waals surface area contributed by atoms with E-state index < -0.39 is 5.54 Å². The lowest BCUT2D eigenvalue weighted by Gasteiger charge is -2.40. The predicted octanol–water partition coefficient (Wildman–Crippen LogP) is 15.6. The van der Waals surface area contributed by atoms with Crippen molar-refractivity contribution in [2.45, 2.75) is 15.6 Å². The molecule has 2 aliphatic rings. The van der Waals surface area contributed by atoms with Crippen molar-refractivity contribution in [1.82, 2.24) is 23.3 Å². The fourth-order valence-electron chi connectivity index (χ4n) is 12.3. The summed E-state index contributed by atoms with van der Waals surface area (Å²) in [5.41, 5.74) is 18.4. The molecule has 1 spiro atoms. The van der Waals surface area contributed by atoms with Crippen LogP contribution in [0.15, 0.2) is 235 Å². The van der Waals surface area contributed by atoms with Gasteiger partial charge in [-0.05, 0) is 107 Å². The molecule has 0 N–H and O–H groups in total. The Morgan fingerprint density at radius 1 is 0.324 bits per heavy atom. The van der Waals surface area contributed by atoms with E-state index in [4.69, 9.17) is 4.98 Å². The van der Waals surface area contributed by atoms with E-state index in [1.54, 1.807) is 11.8 Å². The molecule has 1 aliphatic carbocycles. The molecule has 0 unspecified atom stereocenters. The van der Waals surface area contributed by atoms with Crippen molar-refractivity contribution in [2.24, 2.45) is 0 Å². The van der Waals surface area contributed by atoms with Gasteiger partial charge in [-0.1, -0.05) is 151 Å². The minimum atomic E-state index is -0.604. The lowest BCUT2D eigenvalue weighted by molar-refractivity contribution is 0.484. The molecule has 0 saturated carbocycles. The van der Waals surface area contributed by atoms with E-state index in [1.165, 1.54) is 87.1 Å². The average Bonchev–Trinajstić information content (AvgIpc) is 4.19. The molecule has 0 saturated heterocycles. The topological polar surface area (TPSA) is 32.6 Å². The maximum atomic E-state index is 5.38. The normalized spacial score (nSPS) is 13.6. The van der Waals surface area contributed by atoms with Gasteiger partial charge in [0.05, 0.1) is 44.1 Å². The SMILES string of the molecule is c1ccc2c(c1)-c1ccccc1C21c2ccc(-n3c4ccc(-n5c6ccccc6c6ccccc65)cc4c4cc(-n5c6ccccc6c6ccccc65)ccc43)cc2Sc2nc3ccccc3n21. The summed E-state index contributed by atoms with van der Waals surface area (Å²) in [6.07, 6.45) is 0. The zero-order chi connectivity index (χ0) is 44.2. The molecule has 1 aliphatic heterocycles. The van der Waals surface area contributed by atoms with Gasteiger partial charge in [0.2, 0.25) is 0 Å². The first kappa shape index (κ1) is 36.6. The summed E-state index contributed by atoms with van der Waals surface area (Å²) in [6, 6.07) is 83.0. The zero-order valence-electron chi connectivity index (χ0n) is 36.5. The second kappa shape index (κ2) is 13.3. The van der Waals surface area contributed by atoms with Crippen LogP contribution in [0.5, 0.6) is 0 Å². The third-order valence-electron chi connectivity index (χ3n) is 15.0. The number of hydrogen-bond acceptors (Lipinski definition) is 2. The van der Waals surface area contributed by atoms with Crippen LogP contribution in [-0.2, 0) is 5.54 Å². The van der Waals surface area contributed by atoms with E-state index in [2.05, 4.69) is 243 Å². The second-order valence-electron chi connectivity index (χ2n) is 18.3. The molecule has 0 amide bonds. The highest BCUT2D eigenvalue weighted by Gasteiger charge is 2.51. The molecule has 10 aromatic carbocycles. The molecule has 6 heteroatoms. The molecule has 14 aromatic rings. The average molecular weight is 884 g/mol. The van der Waals surface area contributed by atoms with Crippen molar-refractivity contribution in [3.63, 3.8) is 0 Å². The molecule has 0 atom stereocenters. The number of imidazole rings is 1. The van der Waals surface area contributed by atoms with E-state index in [0.717, 1.165) is 44.3 Å². The Hall–Kier alpha value is -8.58. The Kier molecular flexibility index (Phi) is 7.15. The van der Waals surface area contributed by atoms with Crippen LogP contribution in [0.2, 0.25) is 0 Å². The van der Waals surface area contributed by atoms with E-state index in [1.807, 2.05) is 0 Å². The molecule has 16 rings (SSSR count). The first-order valence-electron chi connectivity index (χ1n) is 23.3. The summed E-state index contributed by atoms with van der Waals surface area (Å²) in [4.78, 5) is 6.58. The molecular formula is C62H37N5S. The predicted molar refractivity (Wildman–Crippen MR) is 280 cm³/mol. The summed E-state index contributed by atoms with van der Waals surface area (Å²) < 4.78 is 9.87. The highest BCUT2D eigenvalue weighted by Crippen LogP contribution is 2.60. The Labute approximate surface area is 394 Å². The molecule has 5 heterocycles. The summed E-state index contributed by atoms with van der Waals surface area (Å²) in [6.45, 7) is 0. The number of rotatable bonds is 3. The molecule has 316 valence electrons. The highest BCUT2D eigenvalue weighted by molar-refractivity contribution is 7.99. The quantitative estimate of drug-likeness (QED) is 0.177. The largest absolute Gasteiger partial charge is 0.309 e. The molecule has 5 nitrogen and oxygen atoms in total. The van der Waals surface area contributed by atoms with Crippen LogP contribution in [0.1, 0.15) is 16.7 Å². The van der Waals surface area contributed by atoms with Crippen LogP contribution < -0.4 is 0 Å². The van der Waals surface area contributed by atoms with Gasteiger partial charge in [-0.25, -0.2) is 4.98 Å². The Morgan fingerprint density at radius 3 is 1.24 bits per heavy atom. The van der Waals surface area contributed by atoms with Crippen molar-refractivity contribution in [2.75, 3.05) is 0 Å². The summed E-state index contributed by atoms with van der Waals surface area (Å²) >= 11 is 1.78. The van der Waals surface area contributed by atoms with Crippen molar-refractivity contribution >= 4 is 88.2 Å². The van der Waals surface area contributed by atoms with E-state index in [-0.39, 0.29) is 0 Å². The fourth-order valence-corrected chi connectivity index (χ4v) is 13.5. The third-order valence-corrected chi connectivity index (χ3v) is 16.0. The van der Waals surface area contributed by atoms with E-state index in [0.29, 0.717) is 0 Å². The van der Waals surface area contributed by atoms with Crippen LogP contribution in [0, 0.1) is 0 Å². The monoisotopic (exact) mass is 883 g/mol. The molecule has 4 aromatic heterocycles. The third kappa shape index (κ3) is 4.60. The van der Waals surface area contributed by atoms with E-state index >= 15 is 0 Å². The smallest absolute Gasteiger partial charge is 0.175 e. The van der Waals surface area contributed by atoms with Gasteiger partial charge in [0.25, 0.3) is 0 Å². The maximum Gasteiger partial charge on any atom is 0.175 e. The van der Waals surface area contributed by atoms with Crippen molar-refractivity contribution in [3.05, 3.63) is 241 Å². The molecule has 0 bridgehead atoms. The molecule has 0 fully saturated rings. The Morgan fingerprint density at radius 2 is 0.721 bits per heavy atom. The number of nitrogens with zero attached hydrogens (tertiary/aromatic N) is 5. The van der Waals surface area contributed by atoms with Crippen LogP contribution in [-0.4, -0.2) is 23.3 Å². The summed E-state index contributed by atoms with van der Waals surface area (Å²) in [5, 5.41) is 8.41. The van der Waals surface area contributed by atoms with E-state index in [9.17, 15) is 0 Å². The standard InChI is InChI=1S/C62H37N5S/c1-7-21-49-41(15-1)42-16-2-8-22-50(42)62(49)51-32-29-40(37-60(51)68-61-63-52-23-9-14-28-59(52)67(61)62)66-57-33-30-38(64-53-24-10-3-17-43(53)44-18-4-11-25-54(44)64)35-47(57)48-36-39(31-34-58(48)66)65-55-26-12-5-19-45(55)46-20-6-13-27-56(46)65/h1-37H. The van der Waals surface area contributed by atoms with Gasteiger partial charge in [0.15, 0.2) is 5.16 Å². The zero-order valence-corrected chi connectivity index (χ0v) is 37.3. The number of benzene rings is 10. The van der Waals surface area contributed by atoms with Crippen LogP contribution in [0.4, 0.5) is 0 Å². The number of fused-ring (bicyclic) bond motifs is 20. The highest BCUT2D eigenvalue weighted by atomic mass is 32.2. The van der Waals surface area contributed by atoms with Gasteiger partial charge in [-0.15, -0.1) is 0 Å². The van der Waals surface area contributed by atoms with Gasteiger partial charge in [0.1, 0.15) is 5.54 Å². The van der Waals surface area contributed by atoms with Crippen molar-refractivity contribution < 1.29 is 0 Å². The summed E-state index contributed by atoms with van der Waals surface area (Å²) in [7, 11) is 0.